The molecule has 4 rings (SSSR count). The van der Waals surface area contributed by atoms with Gasteiger partial charge in [-0.15, -0.1) is 0 Å². The summed E-state index contributed by atoms with van der Waals surface area (Å²) in [5.41, 5.74) is 1.94. The Morgan fingerprint density at radius 1 is 1.20 bits per heavy atom. The van der Waals surface area contributed by atoms with E-state index in [1.165, 1.54) is 22.8 Å². The smallest absolute Gasteiger partial charge is 0.420 e. The van der Waals surface area contributed by atoms with E-state index >= 15 is 0 Å². The molecule has 0 N–H and O–H groups in total. The number of furan rings is 1. The average Bonchev–Trinajstić information content (AvgIpc) is 3.37. The molecule has 0 amide bonds. The van der Waals surface area contributed by atoms with Crippen molar-refractivity contribution in [1.29, 1.82) is 5.26 Å². The van der Waals surface area contributed by atoms with Crippen LogP contribution < -0.4 is 0 Å². The van der Waals surface area contributed by atoms with Crippen LogP contribution in [0.25, 0.3) is 34.0 Å². The summed E-state index contributed by atoms with van der Waals surface area (Å²) in [5, 5.41) is 9.75. The normalized spacial score (nSPS) is 11.4. The first-order valence-corrected chi connectivity index (χ1v) is 9.23. The highest BCUT2D eigenvalue weighted by molar-refractivity contribution is 5.96. The minimum absolute atomic E-state index is 0.138. The Kier molecular flexibility index (Phi) is 5.14. The van der Waals surface area contributed by atoms with Crippen LogP contribution in [0.15, 0.2) is 65.1 Å². The van der Waals surface area contributed by atoms with Crippen LogP contribution in [0.2, 0.25) is 0 Å². The molecule has 0 spiro atoms. The first-order chi connectivity index (χ1) is 14.6. The fourth-order valence-corrected chi connectivity index (χ4v) is 3.07. The van der Waals surface area contributed by atoms with Crippen LogP contribution in [0.5, 0.6) is 0 Å². The van der Waals surface area contributed by atoms with Gasteiger partial charge in [0.15, 0.2) is 5.82 Å². The Balaban J connectivity index is 1.78. The number of para-hydroxylation sites is 2. The number of allylic oxidation sites excluding steroid dienone is 1. The number of halogens is 1. The Morgan fingerprint density at radius 2 is 1.97 bits per heavy atom. The summed E-state index contributed by atoms with van der Waals surface area (Å²) >= 11 is 0. The molecule has 6 nitrogen and oxygen atoms in total. The third-order valence-corrected chi connectivity index (χ3v) is 4.41. The highest BCUT2D eigenvalue weighted by Gasteiger charge is 2.21. The molecule has 0 aliphatic carbocycles. The average molecular weight is 401 g/mol. The summed E-state index contributed by atoms with van der Waals surface area (Å²) < 4.78 is 25.3. The molecule has 2 aromatic heterocycles. The van der Waals surface area contributed by atoms with Crippen LogP contribution in [0, 0.1) is 17.1 Å². The van der Waals surface area contributed by atoms with Gasteiger partial charge in [0.05, 0.1) is 23.2 Å². The van der Waals surface area contributed by atoms with Crippen molar-refractivity contribution in [1.82, 2.24) is 9.55 Å². The van der Waals surface area contributed by atoms with Crippen LogP contribution in [0.1, 0.15) is 18.5 Å². The van der Waals surface area contributed by atoms with Gasteiger partial charge in [0, 0.05) is 11.6 Å². The molecule has 2 aromatic carbocycles. The van der Waals surface area contributed by atoms with E-state index in [4.69, 9.17) is 9.15 Å². The number of nitriles is 1. The first-order valence-electron chi connectivity index (χ1n) is 9.23. The molecule has 2 heterocycles. The minimum atomic E-state index is -0.617. The van der Waals surface area contributed by atoms with E-state index in [1.807, 2.05) is 0 Å². The van der Waals surface area contributed by atoms with E-state index in [9.17, 15) is 14.4 Å². The topological polar surface area (TPSA) is 81.0 Å². The van der Waals surface area contributed by atoms with Gasteiger partial charge in [-0.25, -0.2) is 18.7 Å². The number of carbonyl (C=O) groups is 1. The fourth-order valence-electron chi connectivity index (χ4n) is 3.07. The van der Waals surface area contributed by atoms with E-state index < -0.39 is 6.09 Å². The minimum Gasteiger partial charge on any atom is -0.457 e. The molecule has 0 saturated carbocycles. The van der Waals surface area contributed by atoms with Gasteiger partial charge in [0.1, 0.15) is 23.4 Å². The maximum atomic E-state index is 13.1. The van der Waals surface area contributed by atoms with E-state index in [0.717, 1.165) is 0 Å². The first kappa shape index (κ1) is 19.2. The molecule has 0 fully saturated rings. The number of nitrogens with zero attached hydrogens (tertiary/aromatic N) is 3. The maximum Gasteiger partial charge on any atom is 0.420 e. The summed E-state index contributed by atoms with van der Waals surface area (Å²) in [6.45, 7) is 1.90. The molecule has 0 bridgehead atoms. The van der Waals surface area contributed by atoms with Gasteiger partial charge in [-0.3, -0.25) is 0 Å². The third-order valence-electron chi connectivity index (χ3n) is 4.41. The number of hydrogen-bond acceptors (Lipinski definition) is 5. The van der Waals surface area contributed by atoms with Gasteiger partial charge in [-0.2, -0.15) is 5.26 Å². The van der Waals surface area contributed by atoms with Gasteiger partial charge in [-0.05, 0) is 55.5 Å². The number of hydrogen-bond donors (Lipinski definition) is 0. The Labute approximate surface area is 171 Å². The van der Waals surface area contributed by atoms with Crippen LogP contribution in [-0.4, -0.2) is 22.3 Å². The quantitative estimate of drug-likeness (QED) is 0.422. The highest BCUT2D eigenvalue weighted by Crippen LogP contribution is 2.27. The number of imidazole rings is 1. The molecule has 148 valence electrons. The molecule has 0 aliphatic rings. The van der Waals surface area contributed by atoms with Gasteiger partial charge < -0.3 is 9.15 Å². The van der Waals surface area contributed by atoms with Gasteiger partial charge in [-0.1, -0.05) is 12.1 Å². The van der Waals surface area contributed by atoms with Crippen LogP contribution >= 0.6 is 0 Å². The second kappa shape index (κ2) is 8.05. The molecule has 7 heteroatoms. The summed E-state index contributed by atoms with van der Waals surface area (Å²) in [6.07, 6.45) is 0.887. The zero-order valence-corrected chi connectivity index (χ0v) is 16.0. The lowest BCUT2D eigenvalue weighted by molar-refractivity contribution is 0.154. The van der Waals surface area contributed by atoms with Crippen molar-refractivity contribution in [2.24, 2.45) is 0 Å². The monoisotopic (exact) mass is 401 g/mol. The summed E-state index contributed by atoms with van der Waals surface area (Å²) in [6, 6.07) is 18.5. The molecule has 0 saturated heterocycles. The number of aromatic nitrogens is 2. The van der Waals surface area contributed by atoms with E-state index in [0.29, 0.717) is 28.1 Å². The standard InChI is InChI=1S/C23H16FN3O3/c1-2-29-23(28)27-20-6-4-3-5-19(20)26-22(27)16(14-25)13-18-11-12-21(30-18)15-7-9-17(24)10-8-15/h3-13H,2H2,1H3/b16-13+. The van der Waals surface area contributed by atoms with Crippen LogP contribution in [0.3, 0.4) is 0 Å². The van der Waals surface area contributed by atoms with E-state index in [-0.39, 0.29) is 23.8 Å². The summed E-state index contributed by atoms with van der Waals surface area (Å²) in [5.74, 6) is 0.748. The number of carbonyl (C=O) groups excluding carboxylic acids is 1. The largest absolute Gasteiger partial charge is 0.457 e. The predicted molar refractivity (Wildman–Crippen MR) is 110 cm³/mol. The van der Waals surface area contributed by atoms with Crippen molar-refractivity contribution in [3.05, 3.63) is 78.1 Å². The Bertz CT molecular complexity index is 1290. The SMILES string of the molecule is CCOC(=O)n1c(/C(C#N)=C/c2ccc(-c3ccc(F)cc3)o2)nc2ccccc21. The molecule has 30 heavy (non-hydrogen) atoms. The molecular formula is C23H16FN3O3. The van der Waals surface area contributed by atoms with Crippen molar-refractivity contribution in [2.45, 2.75) is 6.92 Å². The van der Waals surface area contributed by atoms with E-state index in [1.54, 1.807) is 55.5 Å². The second-order valence-corrected chi connectivity index (χ2v) is 6.34. The lowest BCUT2D eigenvalue weighted by atomic mass is 10.2. The molecule has 0 radical (unpaired) electrons. The fraction of sp³-hybridized carbons (Fsp3) is 0.0870. The van der Waals surface area contributed by atoms with Crippen molar-refractivity contribution >= 4 is 28.8 Å². The second-order valence-electron chi connectivity index (χ2n) is 6.34. The van der Waals surface area contributed by atoms with Crippen molar-refractivity contribution in [3.8, 4) is 17.4 Å². The maximum absolute atomic E-state index is 13.1. The molecule has 0 unspecified atom stereocenters. The molecule has 0 atom stereocenters. The number of rotatable bonds is 4. The summed E-state index contributed by atoms with van der Waals surface area (Å²) in [7, 11) is 0. The number of fused-ring (bicyclic) bond motifs is 1. The van der Waals surface area contributed by atoms with Gasteiger partial charge in [0.2, 0.25) is 0 Å². The molecular weight excluding hydrogens is 385 g/mol. The van der Waals surface area contributed by atoms with Crippen LogP contribution in [0.4, 0.5) is 9.18 Å². The van der Waals surface area contributed by atoms with E-state index in [2.05, 4.69) is 11.1 Å². The van der Waals surface area contributed by atoms with Crippen molar-refractivity contribution in [3.63, 3.8) is 0 Å². The van der Waals surface area contributed by atoms with Crippen molar-refractivity contribution < 1.29 is 18.3 Å². The van der Waals surface area contributed by atoms with Gasteiger partial charge >= 0.3 is 6.09 Å². The zero-order valence-electron chi connectivity index (χ0n) is 16.0. The zero-order chi connectivity index (χ0) is 21.1. The van der Waals surface area contributed by atoms with Gasteiger partial charge in [0.25, 0.3) is 0 Å². The van der Waals surface area contributed by atoms with Crippen LogP contribution in [-0.2, 0) is 4.74 Å². The third kappa shape index (κ3) is 3.59. The molecule has 0 aliphatic heterocycles. The molecule has 4 aromatic rings. The number of ether oxygens (including phenoxy) is 1. The summed E-state index contributed by atoms with van der Waals surface area (Å²) in [4.78, 5) is 17.0. The lowest BCUT2D eigenvalue weighted by Gasteiger charge is -2.06. The predicted octanol–water partition coefficient (Wildman–Crippen LogP) is 5.50. The Hall–Kier alpha value is -4.18. The Morgan fingerprint density at radius 3 is 2.70 bits per heavy atom. The highest BCUT2D eigenvalue weighted by atomic mass is 19.1. The lowest BCUT2D eigenvalue weighted by Crippen LogP contribution is -2.16. The van der Waals surface area contributed by atoms with Crippen molar-refractivity contribution in [2.75, 3.05) is 6.61 Å². The number of benzene rings is 2.